The Balaban J connectivity index is 1.91. The average molecular weight is 448 g/mol. The molecule has 0 saturated carbocycles. The molecule has 0 spiro atoms. The van der Waals surface area contributed by atoms with Gasteiger partial charge in [-0.15, -0.1) is 0 Å². The standard InChI is InChI=1S/C28H33NO4/c1-3-33-28(31)19-27(30)26(18-22-14-16-25(32-2)17-15-22)29(20-23-10-6-4-7-11-23)21-24-12-8-5-9-13-24/h4-17,26-27,30H,3,18-21H2,1-2H3/t26-,27+/m1/s1. The van der Waals surface area contributed by atoms with E-state index < -0.39 is 6.10 Å². The molecule has 0 aliphatic rings. The van der Waals surface area contributed by atoms with Crippen LogP contribution in [-0.2, 0) is 29.0 Å². The highest BCUT2D eigenvalue weighted by Gasteiger charge is 2.29. The van der Waals surface area contributed by atoms with Crippen LogP contribution in [-0.4, -0.2) is 41.8 Å². The number of ether oxygens (including phenoxy) is 2. The Morgan fingerprint density at radius 1 is 0.848 bits per heavy atom. The van der Waals surface area contributed by atoms with Gasteiger partial charge in [-0.1, -0.05) is 72.8 Å². The summed E-state index contributed by atoms with van der Waals surface area (Å²) in [6, 6.07) is 28.0. The summed E-state index contributed by atoms with van der Waals surface area (Å²) in [7, 11) is 1.64. The largest absolute Gasteiger partial charge is 0.497 e. The minimum atomic E-state index is -0.876. The summed E-state index contributed by atoms with van der Waals surface area (Å²) in [5, 5.41) is 11.2. The predicted molar refractivity (Wildman–Crippen MR) is 130 cm³/mol. The van der Waals surface area contributed by atoms with Crippen molar-refractivity contribution in [1.29, 1.82) is 0 Å². The Hall–Kier alpha value is -3.15. The molecule has 0 unspecified atom stereocenters. The molecule has 2 atom stereocenters. The van der Waals surface area contributed by atoms with Crippen LogP contribution in [0.5, 0.6) is 5.75 Å². The molecule has 0 saturated heterocycles. The number of hydrogen-bond acceptors (Lipinski definition) is 5. The third kappa shape index (κ3) is 7.74. The molecular formula is C28H33NO4. The van der Waals surface area contributed by atoms with E-state index in [1.807, 2.05) is 60.7 Å². The van der Waals surface area contributed by atoms with Crippen molar-refractivity contribution in [2.24, 2.45) is 0 Å². The van der Waals surface area contributed by atoms with E-state index in [1.165, 1.54) is 0 Å². The highest BCUT2D eigenvalue weighted by atomic mass is 16.5. The molecule has 3 aromatic carbocycles. The van der Waals surface area contributed by atoms with E-state index in [4.69, 9.17) is 9.47 Å². The second-order valence-corrected chi connectivity index (χ2v) is 8.07. The fourth-order valence-corrected chi connectivity index (χ4v) is 3.96. The SMILES string of the molecule is CCOC(=O)C[C@H](O)[C@@H](Cc1ccc(OC)cc1)N(Cc1ccccc1)Cc1ccccc1. The highest BCUT2D eigenvalue weighted by molar-refractivity contribution is 5.70. The first-order valence-corrected chi connectivity index (χ1v) is 11.4. The third-order valence-corrected chi connectivity index (χ3v) is 5.66. The van der Waals surface area contributed by atoms with Gasteiger partial charge in [0.2, 0.25) is 0 Å². The number of aliphatic hydroxyl groups is 1. The number of aliphatic hydroxyl groups excluding tert-OH is 1. The maximum Gasteiger partial charge on any atom is 0.308 e. The Morgan fingerprint density at radius 2 is 1.39 bits per heavy atom. The van der Waals surface area contributed by atoms with Gasteiger partial charge in [-0.3, -0.25) is 9.69 Å². The molecule has 1 N–H and O–H groups in total. The van der Waals surface area contributed by atoms with Crippen LogP contribution in [0.4, 0.5) is 0 Å². The number of carbonyl (C=O) groups is 1. The fraction of sp³-hybridized carbons (Fsp3) is 0.321. The molecule has 5 heteroatoms. The Labute approximate surface area is 196 Å². The molecule has 0 heterocycles. The van der Waals surface area contributed by atoms with Crippen molar-refractivity contribution in [2.75, 3.05) is 13.7 Å². The van der Waals surface area contributed by atoms with Gasteiger partial charge in [0, 0.05) is 19.1 Å². The molecule has 0 aromatic heterocycles. The summed E-state index contributed by atoms with van der Waals surface area (Å²) < 4.78 is 10.4. The average Bonchev–Trinajstić information content (AvgIpc) is 2.84. The van der Waals surface area contributed by atoms with Crippen molar-refractivity contribution in [2.45, 2.75) is 45.0 Å². The summed E-state index contributed by atoms with van der Waals surface area (Å²) in [5.41, 5.74) is 3.36. The zero-order valence-corrected chi connectivity index (χ0v) is 19.4. The van der Waals surface area contributed by atoms with Crippen molar-refractivity contribution in [3.8, 4) is 5.75 Å². The van der Waals surface area contributed by atoms with Gasteiger partial charge < -0.3 is 14.6 Å². The first-order chi connectivity index (χ1) is 16.1. The van der Waals surface area contributed by atoms with E-state index in [2.05, 4.69) is 29.2 Å². The van der Waals surface area contributed by atoms with E-state index in [9.17, 15) is 9.90 Å². The number of esters is 1. The number of rotatable bonds is 12. The van der Waals surface area contributed by atoms with E-state index in [0.717, 1.165) is 22.4 Å². The second kappa shape index (κ2) is 12.8. The summed E-state index contributed by atoms with van der Waals surface area (Å²) in [6.45, 7) is 3.37. The van der Waals surface area contributed by atoms with Gasteiger partial charge in [0.15, 0.2) is 0 Å². The molecule has 3 rings (SSSR count). The topological polar surface area (TPSA) is 59.0 Å². The molecule has 0 amide bonds. The van der Waals surface area contributed by atoms with Gasteiger partial charge in [-0.2, -0.15) is 0 Å². The van der Waals surface area contributed by atoms with Crippen LogP contribution in [0.25, 0.3) is 0 Å². The van der Waals surface area contributed by atoms with Crippen LogP contribution in [0.1, 0.15) is 30.0 Å². The first kappa shape index (κ1) is 24.5. The number of nitrogens with zero attached hydrogens (tertiary/aromatic N) is 1. The minimum Gasteiger partial charge on any atom is -0.497 e. The van der Waals surface area contributed by atoms with Gasteiger partial charge in [0.1, 0.15) is 5.75 Å². The molecule has 5 nitrogen and oxygen atoms in total. The van der Waals surface area contributed by atoms with Crippen molar-refractivity contribution >= 4 is 5.97 Å². The second-order valence-electron chi connectivity index (χ2n) is 8.07. The fourth-order valence-electron chi connectivity index (χ4n) is 3.96. The Bertz CT molecular complexity index is 919. The lowest BCUT2D eigenvalue weighted by Crippen LogP contribution is -2.45. The maximum atomic E-state index is 12.2. The van der Waals surface area contributed by atoms with Crippen molar-refractivity contribution in [3.63, 3.8) is 0 Å². The zero-order valence-electron chi connectivity index (χ0n) is 19.4. The van der Waals surface area contributed by atoms with Crippen LogP contribution >= 0.6 is 0 Å². The smallest absolute Gasteiger partial charge is 0.308 e. The number of benzene rings is 3. The number of carbonyl (C=O) groups excluding carboxylic acids is 1. The van der Waals surface area contributed by atoms with E-state index in [0.29, 0.717) is 26.1 Å². The van der Waals surface area contributed by atoms with Crippen LogP contribution in [0.15, 0.2) is 84.9 Å². The Kier molecular flexibility index (Phi) is 9.48. The predicted octanol–water partition coefficient (Wildman–Crippen LogP) is 4.62. The number of methoxy groups -OCH3 is 1. The Morgan fingerprint density at radius 3 is 1.88 bits per heavy atom. The van der Waals surface area contributed by atoms with Gasteiger partial charge in [-0.05, 0) is 42.2 Å². The van der Waals surface area contributed by atoms with E-state index in [-0.39, 0.29) is 18.4 Å². The van der Waals surface area contributed by atoms with Crippen molar-refractivity contribution in [3.05, 3.63) is 102 Å². The van der Waals surface area contributed by atoms with Crippen LogP contribution < -0.4 is 4.74 Å². The van der Waals surface area contributed by atoms with Gasteiger partial charge in [0.25, 0.3) is 0 Å². The monoisotopic (exact) mass is 447 g/mol. The molecule has 174 valence electrons. The minimum absolute atomic E-state index is 0.0469. The van der Waals surface area contributed by atoms with Gasteiger partial charge in [-0.25, -0.2) is 0 Å². The van der Waals surface area contributed by atoms with Crippen molar-refractivity contribution in [1.82, 2.24) is 4.90 Å². The molecule has 3 aromatic rings. The van der Waals surface area contributed by atoms with Crippen molar-refractivity contribution < 1.29 is 19.4 Å². The summed E-state index contributed by atoms with van der Waals surface area (Å²) in [5.74, 6) is 0.400. The van der Waals surface area contributed by atoms with Gasteiger partial charge in [0.05, 0.1) is 26.2 Å². The summed E-state index contributed by atoms with van der Waals surface area (Å²) >= 11 is 0. The lowest BCUT2D eigenvalue weighted by molar-refractivity contribution is -0.146. The molecule has 0 bridgehead atoms. The third-order valence-electron chi connectivity index (χ3n) is 5.66. The van der Waals surface area contributed by atoms with E-state index in [1.54, 1.807) is 14.0 Å². The normalized spacial score (nSPS) is 12.8. The lowest BCUT2D eigenvalue weighted by atomic mass is 9.96. The van der Waals surface area contributed by atoms with Crippen LogP contribution in [0.2, 0.25) is 0 Å². The van der Waals surface area contributed by atoms with Crippen LogP contribution in [0.3, 0.4) is 0 Å². The quantitative estimate of drug-likeness (QED) is 0.411. The molecule has 0 aliphatic carbocycles. The lowest BCUT2D eigenvalue weighted by Gasteiger charge is -2.35. The molecule has 0 fully saturated rings. The first-order valence-electron chi connectivity index (χ1n) is 11.4. The summed E-state index contributed by atoms with van der Waals surface area (Å²) in [6.07, 6.45) is -0.336. The van der Waals surface area contributed by atoms with E-state index >= 15 is 0 Å². The summed E-state index contributed by atoms with van der Waals surface area (Å²) in [4.78, 5) is 14.5. The molecule has 33 heavy (non-hydrogen) atoms. The zero-order chi connectivity index (χ0) is 23.5. The molecule has 0 aliphatic heterocycles. The maximum absolute atomic E-state index is 12.2. The highest BCUT2D eigenvalue weighted by Crippen LogP contribution is 2.22. The molecule has 0 radical (unpaired) electrons. The molecular weight excluding hydrogens is 414 g/mol. The van der Waals surface area contributed by atoms with Crippen LogP contribution in [0, 0.1) is 0 Å². The number of hydrogen-bond donors (Lipinski definition) is 1. The van der Waals surface area contributed by atoms with Gasteiger partial charge >= 0.3 is 5.97 Å².